The van der Waals surface area contributed by atoms with E-state index >= 15 is 0 Å². The molecule has 0 aromatic carbocycles. The van der Waals surface area contributed by atoms with E-state index in [2.05, 4.69) is 30.2 Å². The number of nitrogens with zero attached hydrogens (tertiary/aromatic N) is 1. The van der Waals surface area contributed by atoms with Crippen molar-refractivity contribution in [2.45, 2.75) is 19.8 Å². The molecule has 1 fully saturated rings. The molecule has 1 saturated heterocycles. The van der Waals surface area contributed by atoms with Crippen LogP contribution in [0.2, 0.25) is 0 Å². The SMILES string of the molecule is C=C(CCC)N1CCSCC1. The lowest BCUT2D eigenvalue weighted by atomic mass is 10.2. The molecule has 1 heterocycles. The van der Waals surface area contributed by atoms with Gasteiger partial charge in [-0.25, -0.2) is 0 Å². The van der Waals surface area contributed by atoms with Crippen molar-refractivity contribution in [1.29, 1.82) is 0 Å². The van der Waals surface area contributed by atoms with Gasteiger partial charge in [0.2, 0.25) is 0 Å². The van der Waals surface area contributed by atoms with E-state index in [1.165, 1.54) is 43.1 Å². The molecule has 0 saturated carbocycles. The minimum absolute atomic E-state index is 1.17. The molecule has 1 aliphatic heterocycles. The summed E-state index contributed by atoms with van der Waals surface area (Å²) in [6.07, 6.45) is 2.40. The molecule has 64 valence electrons. The second-order valence-corrected chi connectivity index (χ2v) is 4.14. The zero-order valence-corrected chi connectivity index (χ0v) is 8.12. The Hall–Kier alpha value is -0.110. The Kier molecular flexibility index (Phi) is 3.84. The molecule has 0 amide bonds. The van der Waals surface area contributed by atoms with Crippen molar-refractivity contribution in [3.63, 3.8) is 0 Å². The normalized spacial score (nSPS) is 18.5. The molecule has 0 aromatic heterocycles. The smallest absolute Gasteiger partial charge is 0.0266 e. The van der Waals surface area contributed by atoms with Crippen molar-refractivity contribution >= 4 is 11.8 Å². The molecule has 1 rings (SSSR count). The lowest BCUT2D eigenvalue weighted by Crippen LogP contribution is -2.31. The molecule has 0 radical (unpaired) electrons. The molecular weight excluding hydrogens is 154 g/mol. The number of hydrogen-bond acceptors (Lipinski definition) is 2. The highest BCUT2D eigenvalue weighted by molar-refractivity contribution is 7.99. The largest absolute Gasteiger partial charge is 0.374 e. The number of rotatable bonds is 3. The van der Waals surface area contributed by atoms with Crippen LogP contribution in [0.4, 0.5) is 0 Å². The molecule has 1 nitrogen and oxygen atoms in total. The van der Waals surface area contributed by atoms with Gasteiger partial charge in [-0.2, -0.15) is 11.8 Å². The van der Waals surface area contributed by atoms with Crippen molar-refractivity contribution in [3.05, 3.63) is 12.3 Å². The van der Waals surface area contributed by atoms with E-state index < -0.39 is 0 Å². The van der Waals surface area contributed by atoms with Crippen LogP contribution in [0.5, 0.6) is 0 Å². The Morgan fingerprint density at radius 3 is 2.64 bits per heavy atom. The van der Waals surface area contributed by atoms with Crippen molar-refractivity contribution in [2.75, 3.05) is 24.6 Å². The van der Waals surface area contributed by atoms with Gasteiger partial charge in [-0.1, -0.05) is 19.9 Å². The quantitative estimate of drug-likeness (QED) is 0.641. The summed E-state index contributed by atoms with van der Waals surface area (Å²) in [5, 5.41) is 0. The van der Waals surface area contributed by atoms with Crippen molar-refractivity contribution in [3.8, 4) is 0 Å². The summed E-state index contributed by atoms with van der Waals surface area (Å²) in [5.41, 5.74) is 1.34. The van der Waals surface area contributed by atoms with Gasteiger partial charge in [0.1, 0.15) is 0 Å². The molecule has 0 atom stereocenters. The van der Waals surface area contributed by atoms with Crippen molar-refractivity contribution in [2.24, 2.45) is 0 Å². The molecule has 0 aromatic rings. The molecule has 0 spiro atoms. The Labute approximate surface area is 73.8 Å². The minimum atomic E-state index is 1.17. The van der Waals surface area contributed by atoms with Crippen LogP contribution in [0.25, 0.3) is 0 Å². The molecule has 11 heavy (non-hydrogen) atoms. The van der Waals surface area contributed by atoms with Gasteiger partial charge in [-0.15, -0.1) is 0 Å². The Bertz CT molecular complexity index is 128. The third kappa shape index (κ3) is 2.78. The standard InChI is InChI=1S/C9H17NS/c1-3-4-9(2)10-5-7-11-8-6-10/h2-8H2,1H3. The first-order valence-corrected chi connectivity index (χ1v) is 5.50. The maximum Gasteiger partial charge on any atom is 0.0266 e. The van der Waals surface area contributed by atoms with Gasteiger partial charge in [0, 0.05) is 30.3 Å². The van der Waals surface area contributed by atoms with E-state index in [0.717, 1.165) is 0 Å². The second kappa shape index (κ2) is 4.70. The first kappa shape index (κ1) is 8.98. The summed E-state index contributed by atoms with van der Waals surface area (Å²) in [5.74, 6) is 2.56. The highest BCUT2D eigenvalue weighted by Gasteiger charge is 2.10. The van der Waals surface area contributed by atoms with E-state index in [0.29, 0.717) is 0 Å². The van der Waals surface area contributed by atoms with Gasteiger partial charge in [0.15, 0.2) is 0 Å². The Balaban J connectivity index is 2.27. The first-order chi connectivity index (χ1) is 5.34. The molecule has 1 aliphatic rings. The minimum Gasteiger partial charge on any atom is -0.374 e. The van der Waals surface area contributed by atoms with Crippen LogP contribution in [0.3, 0.4) is 0 Å². The van der Waals surface area contributed by atoms with E-state index in [4.69, 9.17) is 0 Å². The topological polar surface area (TPSA) is 3.24 Å². The van der Waals surface area contributed by atoms with E-state index in [9.17, 15) is 0 Å². The Morgan fingerprint density at radius 1 is 1.45 bits per heavy atom. The van der Waals surface area contributed by atoms with Crippen molar-refractivity contribution in [1.82, 2.24) is 4.90 Å². The van der Waals surface area contributed by atoms with Crippen LogP contribution in [0.1, 0.15) is 19.8 Å². The van der Waals surface area contributed by atoms with Crippen LogP contribution in [0.15, 0.2) is 12.3 Å². The number of hydrogen-bond donors (Lipinski definition) is 0. The molecule has 0 aliphatic carbocycles. The third-order valence-corrected chi connectivity index (χ3v) is 2.94. The maximum atomic E-state index is 4.08. The average molecular weight is 171 g/mol. The maximum absolute atomic E-state index is 4.08. The lowest BCUT2D eigenvalue weighted by Gasteiger charge is -2.30. The summed E-state index contributed by atoms with van der Waals surface area (Å²) < 4.78 is 0. The van der Waals surface area contributed by atoms with E-state index in [1.54, 1.807) is 0 Å². The van der Waals surface area contributed by atoms with Crippen LogP contribution in [-0.4, -0.2) is 29.5 Å². The summed E-state index contributed by atoms with van der Waals surface area (Å²) in [4.78, 5) is 2.43. The fourth-order valence-corrected chi connectivity index (χ4v) is 2.23. The zero-order chi connectivity index (χ0) is 8.10. The van der Waals surface area contributed by atoms with Crippen LogP contribution in [0, 0.1) is 0 Å². The number of allylic oxidation sites excluding steroid dienone is 1. The number of thioether (sulfide) groups is 1. The summed E-state index contributed by atoms with van der Waals surface area (Å²) >= 11 is 2.05. The zero-order valence-electron chi connectivity index (χ0n) is 7.31. The molecular formula is C9H17NS. The fraction of sp³-hybridized carbons (Fsp3) is 0.778. The molecule has 0 bridgehead atoms. The predicted molar refractivity (Wildman–Crippen MR) is 52.9 cm³/mol. The summed E-state index contributed by atoms with van der Waals surface area (Å²) in [6.45, 7) is 8.72. The second-order valence-electron chi connectivity index (χ2n) is 2.92. The van der Waals surface area contributed by atoms with Crippen LogP contribution >= 0.6 is 11.8 Å². The monoisotopic (exact) mass is 171 g/mol. The van der Waals surface area contributed by atoms with Gasteiger partial charge in [-0.05, 0) is 6.42 Å². The molecule has 0 N–H and O–H groups in total. The first-order valence-electron chi connectivity index (χ1n) is 4.35. The van der Waals surface area contributed by atoms with Gasteiger partial charge >= 0.3 is 0 Å². The van der Waals surface area contributed by atoms with Gasteiger partial charge in [0.05, 0.1) is 0 Å². The third-order valence-electron chi connectivity index (χ3n) is 2.00. The van der Waals surface area contributed by atoms with Crippen molar-refractivity contribution < 1.29 is 0 Å². The summed E-state index contributed by atoms with van der Waals surface area (Å²) in [7, 11) is 0. The Morgan fingerprint density at radius 2 is 2.09 bits per heavy atom. The van der Waals surface area contributed by atoms with Crippen LogP contribution in [-0.2, 0) is 0 Å². The highest BCUT2D eigenvalue weighted by Crippen LogP contribution is 2.15. The van der Waals surface area contributed by atoms with Gasteiger partial charge in [-0.3, -0.25) is 0 Å². The highest BCUT2D eigenvalue weighted by atomic mass is 32.2. The van der Waals surface area contributed by atoms with E-state index in [-0.39, 0.29) is 0 Å². The van der Waals surface area contributed by atoms with E-state index in [1.807, 2.05) is 0 Å². The predicted octanol–water partition coefficient (Wildman–Crippen LogP) is 2.35. The fourth-order valence-electron chi connectivity index (χ4n) is 1.33. The van der Waals surface area contributed by atoms with Gasteiger partial charge < -0.3 is 4.90 Å². The average Bonchev–Trinajstić information content (AvgIpc) is 2.07. The molecule has 0 unspecified atom stereocenters. The van der Waals surface area contributed by atoms with Crippen LogP contribution < -0.4 is 0 Å². The lowest BCUT2D eigenvalue weighted by molar-refractivity contribution is 0.367. The molecule has 2 heteroatoms. The summed E-state index contributed by atoms with van der Waals surface area (Å²) in [6, 6.07) is 0. The van der Waals surface area contributed by atoms with Gasteiger partial charge in [0.25, 0.3) is 0 Å².